The molecule has 2 aliphatic rings. The van der Waals surface area contributed by atoms with E-state index in [2.05, 4.69) is 44.2 Å². The average molecular weight is 358 g/mol. The Kier molecular flexibility index (Phi) is 3.65. The van der Waals surface area contributed by atoms with E-state index in [9.17, 15) is 5.11 Å². The fraction of sp³-hybridized carbons (Fsp3) is 0.280. The van der Waals surface area contributed by atoms with Crippen molar-refractivity contribution in [3.8, 4) is 16.9 Å². The summed E-state index contributed by atoms with van der Waals surface area (Å²) in [4.78, 5) is 0. The summed E-state index contributed by atoms with van der Waals surface area (Å²) < 4.78 is 15.5. The second-order valence-electron chi connectivity index (χ2n) is 8.21. The van der Waals surface area contributed by atoms with Gasteiger partial charge in [-0.05, 0) is 76.3 Å². The Morgan fingerprint density at radius 3 is 2.59 bits per heavy atom. The zero-order valence-electron chi connectivity index (χ0n) is 15.7. The maximum absolute atomic E-state index is 15.5. The molecule has 1 N–H and O–H groups in total. The van der Waals surface area contributed by atoms with Crippen LogP contribution in [0.4, 0.5) is 4.39 Å². The highest BCUT2D eigenvalue weighted by atomic mass is 19.1. The molecule has 0 fully saturated rings. The van der Waals surface area contributed by atoms with Gasteiger partial charge in [-0.15, -0.1) is 0 Å². The van der Waals surface area contributed by atoms with Crippen LogP contribution in [-0.2, 0) is 6.42 Å². The third-order valence-corrected chi connectivity index (χ3v) is 6.37. The van der Waals surface area contributed by atoms with Crippen LogP contribution < -0.4 is 0 Å². The third-order valence-electron chi connectivity index (χ3n) is 6.37. The fourth-order valence-electron chi connectivity index (χ4n) is 5.07. The zero-order valence-corrected chi connectivity index (χ0v) is 15.7. The standard InChI is InChI=1S/C25H23FO/c1-14(2)16-12-22-20-6-4-3-5-19(20)21-9-7-15-11-17(27)8-10-18(15)24(21)25(22)23(26)13-16/h3-6,8,10-14,21,24,27H,7,9H2,1-2H3/t21-,24-/m1/s1. The first-order valence-electron chi connectivity index (χ1n) is 9.79. The minimum Gasteiger partial charge on any atom is -0.508 e. The monoisotopic (exact) mass is 358 g/mol. The van der Waals surface area contributed by atoms with Crippen molar-refractivity contribution in [3.63, 3.8) is 0 Å². The van der Waals surface area contributed by atoms with Gasteiger partial charge in [-0.1, -0.05) is 50.2 Å². The van der Waals surface area contributed by atoms with E-state index in [4.69, 9.17) is 0 Å². The fourth-order valence-corrected chi connectivity index (χ4v) is 5.07. The lowest BCUT2D eigenvalue weighted by Gasteiger charge is -2.40. The lowest BCUT2D eigenvalue weighted by Crippen LogP contribution is -2.25. The Morgan fingerprint density at radius 2 is 1.78 bits per heavy atom. The Balaban J connectivity index is 1.83. The number of aryl methyl sites for hydroxylation is 1. The van der Waals surface area contributed by atoms with E-state index >= 15 is 4.39 Å². The van der Waals surface area contributed by atoms with E-state index in [1.807, 2.05) is 12.1 Å². The van der Waals surface area contributed by atoms with Crippen molar-refractivity contribution < 1.29 is 9.50 Å². The van der Waals surface area contributed by atoms with Crippen LogP contribution in [0.1, 0.15) is 65.8 Å². The summed E-state index contributed by atoms with van der Waals surface area (Å²) in [5, 5.41) is 9.92. The van der Waals surface area contributed by atoms with Gasteiger partial charge in [-0.25, -0.2) is 4.39 Å². The molecule has 136 valence electrons. The highest BCUT2D eigenvalue weighted by Gasteiger charge is 2.40. The third kappa shape index (κ3) is 2.43. The first-order valence-corrected chi connectivity index (χ1v) is 9.79. The van der Waals surface area contributed by atoms with Gasteiger partial charge in [-0.3, -0.25) is 0 Å². The topological polar surface area (TPSA) is 20.2 Å². The molecule has 0 saturated heterocycles. The number of fused-ring (bicyclic) bond motifs is 8. The molecule has 3 aromatic carbocycles. The maximum atomic E-state index is 15.5. The van der Waals surface area contributed by atoms with Gasteiger partial charge in [0.15, 0.2) is 0 Å². The minimum atomic E-state index is -0.0957. The SMILES string of the molecule is CC(C)c1cc(F)c2c(c1)-c1ccccc1[C@H]1CCc3cc(O)ccc3[C@@H]21. The number of rotatable bonds is 1. The number of phenols is 1. The lowest BCUT2D eigenvalue weighted by atomic mass is 9.63. The summed E-state index contributed by atoms with van der Waals surface area (Å²) in [7, 11) is 0. The Labute approximate surface area is 159 Å². The second kappa shape index (κ2) is 5.95. The van der Waals surface area contributed by atoms with Crippen LogP contribution in [0.2, 0.25) is 0 Å². The molecule has 27 heavy (non-hydrogen) atoms. The van der Waals surface area contributed by atoms with Crippen LogP contribution >= 0.6 is 0 Å². The Hall–Kier alpha value is -2.61. The summed E-state index contributed by atoms with van der Waals surface area (Å²) in [5.74, 6) is 0.775. The van der Waals surface area contributed by atoms with Crippen LogP contribution in [0.25, 0.3) is 11.1 Å². The molecule has 2 heteroatoms. The van der Waals surface area contributed by atoms with Gasteiger partial charge in [-0.2, -0.15) is 0 Å². The molecule has 3 aromatic rings. The van der Waals surface area contributed by atoms with Crippen molar-refractivity contribution in [2.24, 2.45) is 0 Å². The Bertz CT molecular complexity index is 1050. The van der Waals surface area contributed by atoms with Crippen molar-refractivity contribution >= 4 is 0 Å². The average Bonchev–Trinajstić information content (AvgIpc) is 2.67. The van der Waals surface area contributed by atoms with Crippen molar-refractivity contribution in [2.75, 3.05) is 0 Å². The second-order valence-corrected chi connectivity index (χ2v) is 8.21. The predicted molar refractivity (Wildman–Crippen MR) is 107 cm³/mol. The van der Waals surface area contributed by atoms with Gasteiger partial charge in [0.1, 0.15) is 11.6 Å². The van der Waals surface area contributed by atoms with E-state index in [-0.39, 0.29) is 23.6 Å². The number of halogens is 1. The molecule has 0 saturated carbocycles. The lowest BCUT2D eigenvalue weighted by molar-refractivity contribution is 0.466. The highest BCUT2D eigenvalue weighted by molar-refractivity contribution is 5.78. The molecule has 0 radical (unpaired) electrons. The molecule has 0 heterocycles. The molecule has 5 rings (SSSR count). The largest absolute Gasteiger partial charge is 0.508 e. The number of aromatic hydroxyl groups is 1. The van der Waals surface area contributed by atoms with Gasteiger partial charge >= 0.3 is 0 Å². The molecule has 0 unspecified atom stereocenters. The predicted octanol–water partition coefficient (Wildman–Crippen LogP) is 6.50. The van der Waals surface area contributed by atoms with Crippen molar-refractivity contribution in [3.05, 3.63) is 88.2 Å². The quantitative estimate of drug-likeness (QED) is 0.526. The summed E-state index contributed by atoms with van der Waals surface area (Å²) >= 11 is 0. The van der Waals surface area contributed by atoms with Gasteiger partial charge in [0.2, 0.25) is 0 Å². The molecule has 2 aliphatic carbocycles. The van der Waals surface area contributed by atoms with E-state index < -0.39 is 0 Å². The summed E-state index contributed by atoms with van der Waals surface area (Å²) in [6.07, 6.45) is 1.89. The van der Waals surface area contributed by atoms with Crippen LogP contribution in [0, 0.1) is 5.82 Å². The van der Waals surface area contributed by atoms with Gasteiger partial charge in [0.05, 0.1) is 0 Å². The van der Waals surface area contributed by atoms with Gasteiger partial charge in [0, 0.05) is 11.5 Å². The Morgan fingerprint density at radius 1 is 0.963 bits per heavy atom. The minimum absolute atomic E-state index is 0.0143. The summed E-state index contributed by atoms with van der Waals surface area (Å²) in [5.41, 5.74) is 7.73. The molecular weight excluding hydrogens is 335 g/mol. The first-order chi connectivity index (χ1) is 13.0. The molecule has 2 atom stereocenters. The number of benzene rings is 3. The van der Waals surface area contributed by atoms with Crippen molar-refractivity contribution in [1.29, 1.82) is 0 Å². The van der Waals surface area contributed by atoms with Gasteiger partial charge < -0.3 is 5.11 Å². The van der Waals surface area contributed by atoms with Crippen LogP contribution in [0.3, 0.4) is 0 Å². The van der Waals surface area contributed by atoms with Crippen LogP contribution in [0.15, 0.2) is 54.6 Å². The van der Waals surface area contributed by atoms with Crippen LogP contribution in [-0.4, -0.2) is 5.11 Å². The number of hydrogen-bond donors (Lipinski definition) is 1. The molecular formula is C25H23FO. The van der Waals surface area contributed by atoms with Crippen molar-refractivity contribution in [2.45, 2.75) is 44.4 Å². The van der Waals surface area contributed by atoms with Crippen LogP contribution in [0.5, 0.6) is 5.75 Å². The van der Waals surface area contributed by atoms with E-state index in [1.165, 1.54) is 11.1 Å². The van der Waals surface area contributed by atoms with E-state index in [1.54, 1.807) is 12.1 Å². The molecule has 0 aromatic heterocycles. The van der Waals surface area contributed by atoms with Gasteiger partial charge in [0.25, 0.3) is 0 Å². The molecule has 0 amide bonds. The van der Waals surface area contributed by atoms with E-state index in [0.29, 0.717) is 5.75 Å². The summed E-state index contributed by atoms with van der Waals surface area (Å²) in [6, 6.07) is 18.0. The summed E-state index contributed by atoms with van der Waals surface area (Å²) in [6.45, 7) is 4.22. The number of phenolic OH excluding ortho intramolecular Hbond substituents is 1. The molecule has 0 bridgehead atoms. The zero-order chi connectivity index (χ0) is 18.7. The molecule has 0 aliphatic heterocycles. The first kappa shape index (κ1) is 16.6. The van der Waals surface area contributed by atoms with E-state index in [0.717, 1.165) is 40.7 Å². The smallest absolute Gasteiger partial charge is 0.127 e. The molecule has 1 nitrogen and oxygen atoms in total. The highest BCUT2D eigenvalue weighted by Crippen LogP contribution is 2.55. The van der Waals surface area contributed by atoms with Crippen molar-refractivity contribution in [1.82, 2.24) is 0 Å². The molecule has 0 spiro atoms. The maximum Gasteiger partial charge on any atom is 0.127 e. The normalized spacial score (nSPS) is 19.9. The number of hydrogen-bond acceptors (Lipinski definition) is 1.